The highest BCUT2D eigenvalue weighted by atomic mass is 35.5. The van der Waals surface area contributed by atoms with E-state index in [0.29, 0.717) is 10.0 Å². The fourth-order valence-corrected chi connectivity index (χ4v) is 4.21. The lowest BCUT2D eigenvalue weighted by Gasteiger charge is -2.38. The van der Waals surface area contributed by atoms with E-state index in [4.69, 9.17) is 27.9 Å². The Morgan fingerprint density at radius 1 is 1.10 bits per heavy atom. The molecule has 0 heterocycles. The van der Waals surface area contributed by atoms with Crippen LogP contribution in [0.25, 0.3) is 0 Å². The van der Waals surface area contributed by atoms with E-state index < -0.39 is 5.60 Å². The first-order valence-electron chi connectivity index (χ1n) is 9.75. The van der Waals surface area contributed by atoms with Crippen LogP contribution >= 0.6 is 23.2 Å². The molecule has 3 rings (SSSR count). The number of halogens is 2. The number of fused-ring (bicyclic) bond motifs is 1. The number of carbonyl (C=O) groups is 1. The molecule has 2 aromatic carbocycles. The summed E-state index contributed by atoms with van der Waals surface area (Å²) in [5.41, 5.74) is 3.52. The standard InChI is InChI=1S/C23H27Cl2NO3/c1-23(2,3)29-22(28)26(4)21-10-8-16(15-6-9-19(24)20(25)12-15)17-7-5-14(13-27)11-18(17)21/h5-7,9,11-12,16,21,27H,8,10,13H2,1-4H3/t16-,21-/m0/s1. The Hall–Kier alpha value is -1.75. The minimum Gasteiger partial charge on any atom is -0.444 e. The Labute approximate surface area is 182 Å². The molecule has 0 unspecified atom stereocenters. The molecule has 4 nitrogen and oxygen atoms in total. The zero-order chi connectivity index (χ0) is 21.3. The molecular weight excluding hydrogens is 409 g/mol. The molecule has 0 saturated heterocycles. The predicted molar refractivity (Wildman–Crippen MR) is 117 cm³/mol. The molecule has 0 spiro atoms. The first kappa shape index (κ1) is 21.9. The third kappa shape index (κ3) is 4.88. The quantitative estimate of drug-likeness (QED) is 0.613. The van der Waals surface area contributed by atoms with Crippen LogP contribution in [0, 0.1) is 0 Å². The number of aliphatic hydroxyl groups is 1. The molecule has 1 aliphatic carbocycles. The van der Waals surface area contributed by atoms with Crippen molar-refractivity contribution in [2.75, 3.05) is 7.05 Å². The maximum atomic E-state index is 12.7. The summed E-state index contributed by atoms with van der Waals surface area (Å²) >= 11 is 12.3. The van der Waals surface area contributed by atoms with Crippen LogP contribution < -0.4 is 0 Å². The summed E-state index contributed by atoms with van der Waals surface area (Å²) in [7, 11) is 1.77. The van der Waals surface area contributed by atoms with Crippen molar-refractivity contribution >= 4 is 29.3 Å². The Balaban J connectivity index is 1.99. The average Bonchev–Trinajstić information content (AvgIpc) is 2.67. The van der Waals surface area contributed by atoms with Gasteiger partial charge in [-0.05, 0) is 68.0 Å². The monoisotopic (exact) mass is 435 g/mol. The van der Waals surface area contributed by atoms with Gasteiger partial charge in [0.1, 0.15) is 5.60 Å². The van der Waals surface area contributed by atoms with E-state index in [1.807, 2.05) is 57.2 Å². The van der Waals surface area contributed by atoms with Gasteiger partial charge in [0.15, 0.2) is 0 Å². The zero-order valence-electron chi connectivity index (χ0n) is 17.2. The van der Waals surface area contributed by atoms with Gasteiger partial charge in [0, 0.05) is 13.0 Å². The summed E-state index contributed by atoms with van der Waals surface area (Å²) in [5, 5.41) is 10.7. The first-order valence-corrected chi connectivity index (χ1v) is 10.5. The summed E-state index contributed by atoms with van der Waals surface area (Å²) in [6.45, 7) is 5.53. The molecule has 0 bridgehead atoms. The van der Waals surface area contributed by atoms with Crippen molar-refractivity contribution in [2.24, 2.45) is 0 Å². The maximum Gasteiger partial charge on any atom is 0.410 e. The first-order chi connectivity index (χ1) is 13.6. The average molecular weight is 436 g/mol. The van der Waals surface area contributed by atoms with Gasteiger partial charge in [-0.1, -0.05) is 47.5 Å². The van der Waals surface area contributed by atoms with Crippen LogP contribution in [-0.4, -0.2) is 28.7 Å². The van der Waals surface area contributed by atoms with Crippen LogP contribution in [0.15, 0.2) is 36.4 Å². The van der Waals surface area contributed by atoms with Crippen molar-refractivity contribution in [3.8, 4) is 0 Å². The lowest BCUT2D eigenvalue weighted by molar-refractivity contribution is 0.0202. The molecule has 156 valence electrons. The van der Waals surface area contributed by atoms with E-state index in [9.17, 15) is 9.90 Å². The minimum atomic E-state index is -0.557. The fourth-order valence-electron chi connectivity index (χ4n) is 3.90. The molecule has 0 aromatic heterocycles. The molecule has 2 atom stereocenters. The molecule has 0 aliphatic heterocycles. The zero-order valence-corrected chi connectivity index (χ0v) is 18.7. The van der Waals surface area contributed by atoms with Gasteiger partial charge < -0.3 is 14.7 Å². The van der Waals surface area contributed by atoms with Gasteiger partial charge in [-0.25, -0.2) is 4.79 Å². The predicted octanol–water partition coefficient (Wildman–Crippen LogP) is 6.32. The normalized spacial score (nSPS) is 18.9. The number of rotatable bonds is 3. The highest BCUT2D eigenvalue weighted by molar-refractivity contribution is 6.42. The number of benzene rings is 2. The van der Waals surface area contributed by atoms with Gasteiger partial charge in [-0.15, -0.1) is 0 Å². The number of nitrogens with zero attached hydrogens (tertiary/aromatic N) is 1. The van der Waals surface area contributed by atoms with Crippen LogP contribution in [0.5, 0.6) is 0 Å². The highest BCUT2D eigenvalue weighted by Crippen LogP contribution is 2.44. The third-order valence-electron chi connectivity index (χ3n) is 5.29. The van der Waals surface area contributed by atoms with Gasteiger partial charge in [-0.2, -0.15) is 0 Å². The second-order valence-corrected chi connectivity index (χ2v) is 9.35. The van der Waals surface area contributed by atoms with Gasteiger partial charge in [0.25, 0.3) is 0 Å². The van der Waals surface area contributed by atoms with Gasteiger partial charge >= 0.3 is 6.09 Å². The molecule has 0 radical (unpaired) electrons. The Morgan fingerprint density at radius 2 is 1.83 bits per heavy atom. The molecule has 0 saturated carbocycles. The SMILES string of the molecule is CN(C(=O)OC(C)(C)C)[C@H]1CC[C@@H](c2ccc(Cl)c(Cl)c2)c2ccc(CO)cc21. The van der Waals surface area contributed by atoms with E-state index >= 15 is 0 Å². The van der Waals surface area contributed by atoms with E-state index in [1.54, 1.807) is 11.9 Å². The third-order valence-corrected chi connectivity index (χ3v) is 6.03. The Bertz CT molecular complexity index is 907. The van der Waals surface area contributed by atoms with Crippen molar-refractivity contribution in [3.05, 3.63) is 68.7 Å². The second-order valence-electron chi connectivity index (χ2n) is 8.53. The lowest BCUT2D eigenvalue weighted by Crippen LogP contribution is -2.38. The fraction of sp³-hybridized carbons (Fsp3) is 0.435. The molecule has 2 aromatic rings. The highest BCUT2D eigenvalue weighted by Gasteiger charge is 2.34. The number of ether oxygens (including phenoxy) is 1. The number of carbonyl (C=O) groups excluding carboxylic acids is 1. The molecule has 6 heteroatoms. The van der Waals surface area contributed by atoms with Crippen LogP contribution in [0.1, 0.15) is 67.8 Å². The minimum absolute atomic E-state index is 0.0480. The van der Waals surface area contributed by atoms with Crippen LogP contribution in [-0.2, 0) is 11.3 Å². The smallest absolute Gasteiger partial charge is 0.410 e. The molecule has 1 aliphatic rings. The van der Waals surface area contributed by atoms with Crippen molar-refractivity contribution < 1.29 is 14.6 Å². The molecule has 0 fully saturated rings. The van der Waals surface area contributed by atoms with Gasteiger partial charge in [-0.3, -0.25) is 0 Å². The molecular formula is C23H27Cl2NO3. The topological polar surface area (TPSA) is 49.8 Å². The van der Waals surface area contributed by atoms with E-state index in [1.165, 1.54) is 0 Å². The van der Waals surface area contributed by atoms with Gasteiger partial charge in [0.2, 0.25) is 0 Å². The summed E-state index contributed by atoms with van der Waals surface area (Å²) in [6, 6.07) is 11.6. The number of aliphatic hydroxyl groups excluding tert-OH is 1. The van der Waals surface area contributed by atoms with E-state index in [-0.39, 0.29) is 24.7 Å². The molecule has 1 N–H and O–H groups in total. The molecule has 29 heavy (non-hydrogen) atoms. The van der Waals surface area contributed by atoms with Crippen LogP contribution in [0.2, 0.25) is 10.0 Å². The Kier molecular flexibility index (Phi) is 6.47. The van der Waals surface area contributed by atoms with Crippen molar-refractivity contribution in [1.82, 2.24) is 4.90 Å². The largest absolute Gasteiger partial charge is 0.444 e. The summed E-state index contributed by atoms with van der Waals surface area (Å²) in [6.07, 6.45) is 1.29. The number of amides is 1. The van der Waals surface area contributed by atoms with E-state index in [0.717, 1.165) is 35.1 Å². The van der Waals surface area contributed by atoms with Crippen molar-refractivity contribution in [1.29, 1.82) is 0 Å². The summed E-state index contributed by atoms with van der Waals surface area (Å²) in [5.74, 6) is 0.149. The Morgan fingerprint density at radius 3 is 2.45 bits per heavy atom. The summed E-state index contributed by atoms with van der Waals surface area (Å²) < 4.78 is 5.57. The molecule has 1 amide bonds. The van der Waals surface area contributed by atoms with Crippen LogP contribution in [0.3, 0.4) is 0 Å². The van der Waals surface area contributed by atoms with Crippen molar-refractivity contribution in [3.63, 3.8) is 0 Å². The van der Waals surface area contributed by atoms with E-state index in [2.05, 4.69) is 0 Å². The van der Waals surface area contributed by atoms with Crippen LogP contribution in [0.4, 0.5) is 4.79 Å². The number of hydrogen-bond donors (Lipinski definition) is 1. The van der Waals surface area contributed by atoms with Crippen molar-refractivity contribution in [2.45, 2.75) is 57.8 Å². The summed E-state index contributed by atoms with van der Waals surface area (Å²) in [4.78, 5) is 14.3. The lowest BCUT2D eigenvalue weighted by atomic mass is 9.76. The van der Waals surface area contributed by atoms with Gasteiger partial charge in [0.05, 0.1) is 22.7 Å². The number of hydrogen-bond acceptors (Lipinski definition) is 3. The maximum absolute atomic E-state index is 12.7. The second kappa shape index (κ2) is 8.55.